The van der Waals surface area contributed by atoms with Gasteiger partial charge in [-0.25, -0.2) is 4.39 Å². The molecule has 2 aromatic rings. The number of halogens is 1. The molecule has 0 bridgehead atoms. The molecule has 1 aliphatic carbocycles. The Hall–Kier alpha value is -2.17. The van der Waals surface area contributed by atoms with Gasteiger partial charge in [0.15, 0.2) is 0 Å². The number of carbonyl (C=O) groups is 1. The van der Waals surface area contributed by atoms with Crippen LogP contribution in [0.25, 0.3) is 0 Å². The molecule has 1 N–H and O–H groups in total. The Morgan fingerprint density at radius 3 is 2.55 bits per heavy atom. The fourth-order valence-electron chi connectivity index (χ4n) is 2.61. The van der Waals surface area contributed by atoms with Crippen molar-refractivity contribution < 1.29 is 9.18 Å². The summed E-state index contributed by atoms with van der Waals surface area (Å²) in [5, 5.41) is 7.08. The molecule has 0 aliphatic heterocycles. The van der Waals surface area contributed by atoms with E-state index in [0.29, 0.717) is 5.56 Å². The maximum absolute atomic E-state index is 13.0. The number of hydrogen-bond acceptors (Lipinski definition) is 2. The third kappa shape index (κ3) is 2.19. The van der Waals surface area contributed by atoms with Gasteiger partial charge in [0.05, 0.1) is 17.3 Å². The van der Waals surface area contributed by atoms with Crippen LogP contribution in [0.3, 0.4) is 0 Å². The summed E-state index contributed by atoms with van der Waals surface area (Å²) in [5.74, 6) is -0.399. The van der Waals surface area contributed by atoms with Crippen molar-refractivity contribution in [3.05, 3.63) is 53.6 Å². The normalized spacial score (nSPS) is 16.5. The summed E-state index contributed by atoms with van der Waals surface area (Å²) in [4.78, 5) is 12.3. The first-order valence-electron chi connectivity index (χ1n) is 6.66. The maximum atomic E-state index is 13.0. The zero-order valence-electron chi connectivity index (χ0n) is 11.3. The number of amides is 1. The van der Waals surface area contributed by atoms with E-state index >= 15 is 0 Å². The van der Waals surface area contributed by atoms with Crippen molar-refractivity contribution in [3.8, 4) is 0 Å². The second kappa shape index (κ2) is 4.74. The smallest absolute Gasteiger partial charge is 0.255 e. The fraction of sp³-hybridized carbons (Fsp3) is 0.333. The van der Waals surface area contributed by atoms with Crippen LogP contribution in [-0.4, -0.2) is 15.7 Å². The molecule has 0 radical (unpaired) electrons. The van der Waals surface area contributed by atoms with E-state index < -0.39 is 0 Å². The minimum atomic E-state index is -0.360. The molecule has 1 aliphatic rings. The molecule has 1 aromatic carbocycles. The van der Waals surface area contributed by atoms with E-state index in [1.54, 1.807) is 36.3 Å². The van der Waals surface area contributed by atoms with Gasteiger partial charge in [0.1, 0.15) is 5.82 Å². The van der Waals surface area contributed by atoms with Gasteiger partial charge in [-0.1, -0.05) is 12.1 Å². The van der Waals surface area contributed by atoms with Gasteiger partial charge in [-0.05, 0) is 37.0 Å². The lowest BCUT2D eigenvalue weighted by atomic mass is 9.71. The van der Waals surface area contributed by atoms with Crippen LogP contribution < -0.4 is 5.32 Å². The van der Waals surface area contributed by atoms with E-state index in [2.05, 4.69) is 10.4 Å². The van der Waals surface area contributed by atoms with E-state index in [4.69, 9.17) is 0 Å². The highest BCUT2D eigenvalue weighted by molar-refractivity contribution is 5.94. The average molecular weight is 273 g/mol. The van der Waals surface area contributed by atoms with Crippen LogP contribution in [0.1, 0.15) is 35.2 Å². The largest absolute Gasteiger partial charge is 0.342 e. The molecule has 0 atom stereocenters. The van der Waals surface area contributed by atoms with E-state index in [1.165, 1.54) is 12.1 Å². The fourth-order valence-corrected chi connectivity index (χ4v) is 2.61. The summed E-state index contributed by atoms with van der Waals surface area (Å²) < 4.78 is 14.6. The van der Waals surface area contributed by atoms with Gasteiger partial charge in [-0.2, -0.15) is 5.10 Å². The molecule has 1 fully saturated rings. The lowest BCUT2D eigenvalue weighted by Gasteiger charge is -2.43. The lowest BCUT2D eigenvalue weighted by molar-refractivity contribution is 0.0823. The Morgan fingerprint density at radius 2 is 2.05 bits per heavy atom. The van der Waals surface area contributed by atoms with Gasteiger partial charge in [0.25, 0.3) is 5.91 Å². The van der Waals surface area contributed by atoms with Crippen LogP contribution in [-0.2, 0) is 12.6 Å². The van der Waals surface area contributed by atoms with Crippen LogP contribution >= 0.6 is 0 Å². The van der Waals surface area contributed by atoms with E-state index in [0.717, 1.165) is 24.8 Å². The quantitative estimate of drug-likeness (QED) is 0.933. The first kappa shape index (κ1) is 12.8. The lowest BCUT2D eigenvalue weighted by Crippen LogP contribution is -2.50. The number of carbonyl (C=O) groups excluding carboxylic acids is 1. The van der Waals surface area contributed by atoms with Crippen molar-refractivity contribution in [1.82, 2.24) is 15.1 Å². The number of aryl methyl sites for hydroxylation is 1. The van der Waals surface area contributed by atoms with Crippen LogP contribution in [0.5, 0.6) is 0 Å². The van der Waals surface area contributed by atoms with Crippen molar-refractivity contribution in [3.63, 3.8) is 0 Å². The van der Waals surface area contributed by atoms with Crippen LogP contribution in [0, 0.1) is 5.82 Å². The minimum absolute atomic E-state index is 0.137. The number of rotatable bonds is 3. The highest BCUT2D eigenvalue weighted by Crippen LogP contribution is 2.41. The molecule has 0 unspecified atom stereocenters. The molecule has 20 heavy (non-hydrogen) atoms. The predicted molar refractivity (Wildman–Crippen MR) is 72.6 cm³/mol. The standard InChI is InChI=1S/C15H16FN3O/c1-19-10-11(9-17-19)14(20)18-15(7-2-8-15)12-3-5-13(16)6-4-12/h3-6,9-10H,2,7-8H2,1H3,(H,18,20). The summed E-state index contributed by atoms with van der Waals surface area (Å²) in [6.07, 6.45) is 6.05. The van der Waals surface area contributed by atoms with Crippen molar-refractivity contribution in [2.45, 2.75) is 24.8 Å². The minimum Gasteiger partial charge on any atom is -0.342 e. The van der Waals surface area contributed by atoms with Gasteiger partial charge < -0.3 is 5.32 Å². The molecule has 3 rings (SSSR count). The second-order valence-electron chi connectivity index (χ2n) is 5.30. The summed E-state index contributed by atoms with van der Waals surface area (Å²) in [6.45, 7) is 0. The molecule has 1 aromatic heterocycles. The molecule has 0 spiro atoms. The number of hydrogen-bond donors (Lipinski definition) is 1. The average Bonchev–Trinajstić information content (AvgIpc) is 2.82. The molecule has 1 heterocycles. The predicted octanol–water partition coefficient (Wildman–Crippen LogP) is 2.37. The molecule has 5 heteroatoms. The molecular weight excluding hydrogens is 257 g/mol. The Morgan fingerprint density at radius 1 is 1.35 bits per heavy atom. The number of aromatic nitrogens is 2. The van der Waals surface area contributed by atoms with E-state index in [1.807, 2.05) is 0 Å². The maximum Gasteiger partial charge on any atom is 0.255 e. The summed E-state index contributed by atoms with van der Waals surface area (Å²) >= 11 is 0. The number of nitrogens with one attached hydrogen (secondary N) is 1. The monoisotopic (exact) mass is 273 g/mol. The van der Waals surface area contributed by atoms with Gasteiger partial charge in [0, 0.05) is 13.2 Å². The topological polar surface area (TPSA) is 46.9 Å². The van der Waals surface area contributed by atoms with Gasteiger partial charge >= 0.3 is 0 Å². The summed E-state index contributed by atoms with van der Waals surface area (Å²) in [5.41, 5.74) is 1.14. The van der Waals surface area contributed by atoms with Crippen LogP contribution in [0.2, 0.25) is 0 Å². The van der Waals surface area contributed by atoms with E-state index in [9.17, 15) is 9.18 Å². The third-order valence-corrected chi connectivity index (χ3v) is 3.92. The summed E-state index contributed by atoms with van der Waals surface area (Å²) in [6, 6.07) is 6.37. The Labute approximate surface area is 116 Å². The van der Waals surface area contributed by atoms with Gasteiger partial charge in [-0.15, -0.1) is 0 Å². The second-order valence-corrected chi connectivity index (χ2v) is 5.30. The SMILES string of the molecule is Cn1cc(C(=O)NC2(c3ccc(F)cc3)CCC2)cn1. The van der Waals surface area contributed by atoms with Crippen molar-refractivity contribution in [2.75, 3.05) is 0 Å². The Bertz CT molecular complexity index is 629. The van der Waals surface area contributed by atoms with Crippen LogP contribution in [0.4, 0.5) is 4.39 Å². The highest BCUT2D eigenvalue weighted by atomic mass is 19.1. The highest BCUT2D eigenvalue weighted by Gasteiger charge is 2.40. The molecule has 1 saturated carbocycles. The molecular formula is C15H16FN3O. The van der Waals surface area contributed by atoms with Crippen LogP contribution in [0.15, 0.2) is 36.7 Å². The molecule has 4 nitrogen and oxygen atoms in total. The number of benzene rings is 1. The zero-order chi connectivity index (χ0) is 14.2. The van der Waals surface area contributed by atoms with Crippen molar-refractivity contribution in [2.24, 2.45) is 7.05 Å². The Balaban J connectivity index is 1.83. The molecule has 0 saturated heterocycles. The van der Waals surface area contributed by atoms with Crippen molar-refractivity contribution >= 4 is 5.91 Å². The van der Waals surface area contributed by atoms with Gasteiger partial charge in [-0.3, -0.25) is 9.48 Å². The number of nitrogens with zero attached hydrogens (tertiary/aromatic N) is 2. The zero-order valence-corrected chi connectivity index (χ0v) is 11.3. The van der Waals surface area contributed by atoms with Crippen molar-refractivity contribution in [1.29, 1.82) is 0 Å². The first-order chi connectivity index (χ1) is 9.59. The summed E-state index contributed by atoms with van der Waals surface area (Å²) in [7, 11) is 1.77. The molecule has 104 valence electrons. The Kier molecular flexibility index (Phi) is 3.04. The molecule has 1 amide bonds. The first-order valence-corrected chi connectivity index (χ1v) is 6.66. The van der Waals surface area contributed by atoms with E-state index in [-0.39, 0.29) is 17.3 Å². The third-order valence-electron chi connectivity index (χ3n) is 3.92. The van der Waals surface area contributed by atoms with Gasteiger partial charge in [0.2, 0.25) is 0 Å².